The minimum absolute atomic E-state index is 0.179. The summed E-state index contributed by atoms with van der Waals surface area (Å²) < 4.78 is 13.3. The summed E-state index contributed by atoms with van der Waals surface area (Å²) in [5.41, 5.74) is 1.87. The zero-order valence-electron chi connectivity index (χ0n) is 16.2. The van der Waals surface area contributed by atoms with Crippen LogP contribution in [0.2, 0.25) is 0 Å². The van der Waals surface area contributed by atoms with Gasteiger partial charge in [-0.3, -0.25) is 0 Å². The van der Waals surface area contributed by atoms with Gasteiger partial charge in [0.15, 0.2) is 5.82 Å². The molecule has 1 aliphatic heterocycles. The first-order valence-electron chi connectivity index (χ1n) is 9.73. The summed E-state index contributed by atoms with van der Waals surface area (Å²) in [4.78, 5) is 2.45. The molecule has 27 heavy (non-hydrogen) atoms. The van der Waals surface area contributed by atoms with Gasteiger partial charge in [-0.15, -0.1) is 10.2 Å². The minimum Gasteiger partial charge on any atom is -0.351 e. The molecule has 0 saturated carbocycles. The molecule has 0 amide bonds. The van der Waals surface area contributed by atoms with Gasteiger partial charge < -0.3 is 4.90 Å². The molecule has 0 spiro atoms. The molecular weight excluding hydrogens is 337 g/mol. The average Bonchev–Trinajstić information content (AvgIpc) is 2.67. The van der Waals surface area contributed by atoms with Gasteiger partial charge in [0, 0.05) is 28.9 Å². The Morgan fingerprint density at radius 1 is 0.926 bits per heavy atom. The number of piperidine rings is 1. The zero-order valence-corrected chi connectivity index (χ0v) is 16.2. The predicted octanol–water partition coefficient (Wildman–Crippen LogP) is 5.84. The van der Waals surface area contributed by atoms with Crippen LogP contribution in [-0.2, 0) is 0 Å². The number of nitrogens with zero attached hydrogens (tertiary/aromatic N) is 3. The van der Waals surface area contributed by atoms with E-state index in [0.29, 0.717) is 6.04 Å². The lowest BCUT2D eigenvalue weighted by molar-refractivity contribution is 0.260. The van der Waals surface area contributed by atoms with Gasteiger partial charge in [0.1, 0.15) is 11.5 Å². The molecule has 0 bridgehead atoms. The maximum atomic E-state index is 13.3. The lowest BCUT2D eigenvalue weighted by Gasteiger charge is -2.44. The fourth-order valence-electron chi connectivity index (χ4n) is 4.21. The fourth-order valence-corrected chi connectivity index (χ4v) is 4.21. The van der Waals surface area contributed by atoms with E-state index < -0.39 is 0 Å². The Balaban J connectivity index is 1.86. The molecule has 1 atom stereocenters. The van der Waals surface area contributed by atoms with E-state index in [2.05, 4.69) is 54.1 Å². The molecule has 3 aromatic rings. The second-order valence-electron chi connectivity index (χ2n) is 8.50. The summed E-state index contributed by atoms with van der Waals surface area (Å²) >= 11 is 0. The van der Waals surface area contributed by atoms with E-state index in [0.717, 1.165) is 34.4 Å². The first-order chi connectivity index (χ1) is 12.9. The number of anilines is 1. The molecule has 0 N–H and O–H groups in total. The van der Waals surface area contributed by atoms with Crippen LogP contribution in [0.3, 0.4) is 0 Å². The first-order valence-corrected chi connectivity index (χ1v) is 9.73. The Morgan fingerprint density at radius 3 is 2.33 bits per heavy atom. The van der Waals surface area contributed by atoms with Crippen molar-refractivity contribution in [1.29, 1.82) is 0 Å². The smallest absolute Gasteiger partial charge is 0.159 e. The highest BCUT2D eigenvalue weighted by Gasteiger charge is 2.34. The largest absolute Gasteiger partial charge is 0.351 e. The normalized spacial score (nSPS) is 18.1. The Morgan fingerprint density at radius 2 is 1.63 bits per heavy atom. The zero-order chi connectivity index (χ0) is 19.0. The fraction of sp³-hybridized carbons (Fsp3) is 0.391. The van der Waals surface area contributed by atoms with Gasteiger partial charge in [-0.1, -0.05) is 45.0 Å². The average molecular weight is 363 g/mol. The van der Waals surface area contributed by atoms with Gasteiger partial charge in [0.05, 0.1) is 0 Å². The van der Waals surface area contributed by atoms with Crippen molar-refractivity contribution in [2.45, 2.75) is 46.1 Å². The monoisotopic (exact) mass is 363 g/mol. The predicted molar refractivity (Wildman–Crippen MR) is 109 cm³/mol. The van der Waals surface area contributed by atoms with Crippen LogP contribution in [0.25, 0.3) is 22.0 Å². The van der Waals surface area contributed by atoms with Crippen molar-refractivity contribution >= 4 is 16.6 Å². The SMILES string of the molecule is CC(C)(C)C1CCCCN1c1nnc(-c2ccc(F)cc2)c2ccccc12. The number of benzene rings is 2. The van der Waals surface area contributed by atoms with E-state index >= 15 is 0 Å². The van der Waals surface area contributed by atoms with E-state index in [9.17, 15) is 4.39 Å². The van der Waals surface area contributed by atoms with Crippen LogP contribution >= 0.6 is 0 Å². The summed E-state index contributed by atoms with van der Waals surface area (Å²) in [6, 6.07) is 15.2. The van der Waals surface area contributed by atoms with Crippen molar-refractivity contribution in [3.05, 3.63) is 54.3 Å². The molecule has 1 saturated heterocycles. The number of fused-ring (bicyclic) bond motifs is 1. The topological polar surface area (TPSA) is 29.0 Å². The third-order valence-corrected chi connectivity index (χ3v) is 5.56. The molecule has 4 rings (SSSR count). The van der Waals surface area contributed by atoms with Crippen molar-refractivity contribution in [3.8, 4) is 11.3 Å². The maximum Gasteiger partial charge on any atom is 0.159 e. The molecule has 3 nitrogen and oxygen atoms in total. The van der Waals surface area contributed by atoms with Gasteiger partial charge in [0.25, 0.3) is 0 Å². The Hall–Kier alpha value is -2.49. The lowest BCUT2D eigenvalue weighted by Crippen LogP contribution is -2.47. The highest BCUT2D eigenvalue weighted by atomic mass is 19.1. The number of rotatable bonds is 2. The third-order valence-electron chi connectivity index (χ3n) is 5.56. The van der Waals surface area contributed by atoms with Crippen LogP contribution in [0.15, 0.2) is 48.5 Å². The van der Waals surface area contributed by atoms with Gasteiger partial charge >= 0.3 is 0 Å². The molecule has 1 aromatic heterocycles. The van der Waals surface area contributed by atoms with Crippen molar-refractivity contribution in [1.82, 2.24) is 10.2 Å². The van der Waals surface area contributed by atoms with E-state index in [1.807, 2.05) is 6.07 Å². The molecule has 1 unspecified atom stereocenters. The molecule has 4 heteroatoms. The Labute approximate surface area is 160 Å². The van der Waals surface area contributed by atoms with E-state index in [1.54, 1.807) is 12.1 Å². The summed E-state index contributed by atoms with van der Waals surface area (Å²) in [6.07, 6.45) is 3.62. The lowest BCUT2D eigenvalue weighted by atomic mass is 9.80. The summed E-state index contributed by atoms with van der Waals surface area (Å²) in [5, 5.41) is 11.4. The quantitative estimate of drug-likeness (QED) is 0.573. The second-order valence-corrected chi connectivity index (χ2v) is 8.50. The Kier molecular flexibility index (Phi) is 4.58. The van der Waals surface area contributed by atoms with Crippen LogP contribution < -0.4 is 4.90 Å². The minimum atomic E-state index is -0.242. The maximum absolute atomic E-state index is 13.3. The van der Waals surface area contributed by atoms with Crippen LogP contribution in [0.4, 0.5) is 10.2 Å². The molecule has 1 aliphatic rings. The van der Waals surface area contributed by atoms with Crippen molar-refractivity contribution < 1.29 is 4.39 Å². The number of hydrogen-bond acceptors (Lipinski definition) is 3. The van der Waals surface area contributed by atoms with Crippen molar-refractivity contribution in [2.24, 2.45) is 5.41 Å². The number of hydrogen-bond donors (Lipinski definition) is 0. The van der Waals surface area contributed by atoms with Crippen LogP contribution in [0, 0.1) is 11.2 Å². The van der Waals surface area contributed by atoms with Crippen molar-refractivity contribution in [3.63, 3.8) is 0 Å². The third kappa shape index (κ3) is 3.41. The highest BCUT2D eigenvalue weighted by Crippen LogP contribution is 2.38. The molecule has 0 radical (unpaired) electrons. The number of halogens is 1. The first kappa shape index (κ1) is 17.9. The molecule has 2 aromatic carbocycles. The summed E-state index contributed by atoms with van der Waals surface area (Å²) in [5.74, 6) is 0.727. The second kappa shape index (κ2) is 6.91. The standard InChI is InChI=1S/C23H26FN3/c1-23(2,3)20-10-6-7-15-27(20)22-19-9-5-4-8-18(19)21(25-26-22)16-11-13-17(24)14-12-16/h4-5,8-9,11-14,20H,6-7,10,15H2,1-3H3. The van der Waals surface area contributed by atoms with Crippen LogP contribution in [0.1, 0.15) is 40.0 Å². The van der Waals surface area contributed by atoms with Gasteiger partial charge in [0.2, 0.25) is 0 Å². The van der Waals surface area contributed by atoms with Crippen LogP contribution in [0.5, 0.6) is 0 Å². The summed E-state index contributed by atoms with van der Waals surface area (Å²) in [7, 11) is 0. The molecule has 140 valence electrons. The van der Waals surface area contributed by atoms with Gasteiger partial charge in [-0.2, -0.15) is 0 Å². The van der Waals surface area contributed by atoms with Crippen molar-refractivity contribution in [2.75, 3.05) is 11.4 Å². The van der Waals surface area contributed by atoms with E-state index in [-0.39, 0.29) is 11.2 Å². The molecule has 2 heterocycles. The van der Waals surface area contributed by atoms with Gasteiger partial charge in [-0.05, 0) is 48.9 Å². The van der Waals surface area contributed by atoms with Gasteiger partial charge in [-0.25, -0.2) is 4.39 Å². The highest BCUT2D eigenvalue weighted by molar-refractivity contribution is 6.00. The Bertz CT molecular complexity index is 944. The molecule has 1 fully saturated rings. The van der Waals surface area contributed by atoms with Crippen LogP contribution in [-0.4, -0.2) is 22.8 Å². The molecule has 0 aliphatic carbocycles. The van der Waals surface area contributed by atoms with E-state index in [4.69, 9.17) is 0 Å². The molecular formula is C23H26FN3. The summed E-state index contributed by atoms with van der Waals surface area (Å²) in [6.45, 7) is 7.92. The number of aromatic nitrogens is 2. The van der Waals surface area contributed by atoms with E-state index in [1.165, 1.54) is 31.4 Å².